The van der Waals surface area contributed by atoms with Crippen LogP contribution in [-0.2, 0) is 16.1 Å². The molecule has 1 N–H and O–H groups in total. The van der Waals surface area contributed by atoms with Crippen LogP contribution in [-0.4, -0.2) is 53.3 Å². The number of fused-ring (bicyclic) bond motifs is 1. The van der Waals surface area contributed by atoms with Crippen LogP contribution in [0.2, 0.25) is 0 Å². The molecule has 7 heteroatoms. The van der Waals surface area contributed by atoms with Crippen molar-refractivity contribution >= 4 is 11.8 Å². The summed E-state index contributed by atoms with van der Waals surface area (Å²) >= 11 is 0. The molecular weight excluding hydrogens is 292 g/mol. The Morgan fingerprint density at radius 3 is 2.73 bits per heavy atom. The first-order valence-corrected chi connectivity index (χ1v) is 7.23. The van der Waals surface area contributed by atoms with E-state index in [0.29, 0.717) is 31.7 Å². The SMILES string of the molecule is C[C@H]1NC(=O)[C@H]2CN(Cc3ccc(F)c(F)c3)CCN2C1=O. The molecule has 1 aromatic carbocycles. The number of halogens is 2. The Bertz CT molecular complexity index is 623. The molecule has 0 radical (unpaired) electrons. The molecule has 0 unspecified atom stereocenters. The molecule has 0 aliphatic carbocycles. The van der Waals surface area contributed by atoms with Gasteiger partial charge in [0.05, 0.1) is 0 Å². The van der Waals surface area contributed by atoms with Crippen molar-refractivity contribution in [2.75, 3.05) is 19.6 Å². The van der Waals surface area contributed by atoms with Crippen molar-refractivity contribution in [3.8, 4) is 0 Å². The maximum absolute atomic E-state index is 13.2. The lowest BCUT2D eigenvalue weighted by Gasteiger charge is -2.44. The van der Waals surface area contributed by atoms with Gasteiger partial charge >= 0.3 is 0 Å². The van der Waals surface area contributed by atoms with Crippen LogP contribution in [0.3, 0.4) is 0 Å². The molecule has 0 spiro atoms. The van der Waals surface area contributed by atoms with Crippen molar-refractivity contribution in [3.05, 3.63) is 35.4 Å². The van der Waals surface area contributed by atoms with Gasteiger partial charge < -0.3 is 10.2 Å². The van der Waals surface area contributed by atoms with Crippen LogP contribution in [0.1, 0.15) is 12.5 Å². The molecule has 2 amide bonds. The summed E-state index contributed by atoms with van der Waals surface area (Å²) in [4.78, 5) is 27.7. The fraction of sp³-hybridized carbons (Fsp3) is 0.467. The normalized spacial score (nSPS) is 25.9. The van der Waals surface area contributed by atoms with Crippen molar-refractivity contribution in [1.82, 2.24) is 15.1 Å². The van der Waals surface area contributed by atoms with Crippen molar-refractivity contribution < 1.29 is 18.4 Å². The molecule has 118 valence electrons. The number of nitrogens with zero attached hydrogens (tertiary/aromatic N) is 2. The molecule has 2 aliphatic rings. The second-order valence-corrected chi connectivity index (χ2v) is 5.76. The van der Waals surface area contributed by atoms with Gasteiger partial charge in [-0.05, 0) is 24.6 Å². The Morgan fingerprint density at radius 2 is 2.00 bits per heavy atom. The second-order valence-electron chi connectivity index (χ2n) is 5.76. The van der Waals surface area contributed by atoms with E-state index in [1.165, 1.54) is 6.07 Å². The van der Waals surface area contributed by atoms with E-state index >= 15 is 0 Å². The second kappa shape index (κ2) is 5.64. The van der Waals surface area contributed by atoms with Gasteiger partial charge in [0.15, 0.2) is 11.6 Å². The highest BCUT2D eigenvalue weighted by molar-refractivity contribution is 5.97. The predicted molar refractivity (Wildman–Crippen MR) is 74.7 cm³/mol. The van der Waals surface area contributed by atoms with Gasteiger partial charge in [-0.2, -0.15) is 0 Å². The monoisotopic (exact) mass is 309 g/mol. The van der Waals surface area contributed by atoms with Crippen LogP contribution < -0.4 is 5.32 Å². The van der Waals surface area contributed by atoms with Crippen molar-refractivity contribution in [1.29, 1.82) is 0 Å². The summed E-state index contributed by atoms with van der Waals surface area (Å²) in [6.07, 6.45) is 0. The minimum absolute atomic E-state index is 0.0722. The third-order valence-corrected chi connectivity index (χ3v) is 4.17. The van der Waals surface area contributed by atoms with Gasteiger partial charge in [0.25, 0.3) is 0 Å². The van der Waals surface area contributed by atoms with Gasteiger partial charge in [0.2, 0.25) is 11.8 Å². The Morgan fingerprint density at radius 1 is 1.23 bits per heavy atom. The molecule has 2 heterocycles. The fourth-order valence-electron chi connectivity index (χ4n) is 2.99. The average Bonchev–Trinajstić information content (AvgIpc) is 2.49. The number of carbonyl (C=O) groups excluding carboxylic acids is 2. The summed E-state index contributed by atoms with van der Waals surface area (Å²) in [6, 6.07) is 2.79. The molecule has 2 atom stereocenters. The highest BCUT2D eigenvalue weighted by Gasteiger charge is 2.41. The number of rotatable bonds is 2. The maximum Gasteiger partial charge on any atom is 0.245 e. The van der Waals surface area contributed by atoms with Crippen LogP contribution in [0.4, 0.5) is 8.78 Å². The van der Waals surface area contributed by atoms with E-state index < -0.39 is 23.7 Å². The minimum Gasteiger partial charge on any atom is -0.343 e. The van der Waals surface area contributed by atoms with Gasteiger partial charge in [-0.3, -0.25) is 14.5 Å². The number of benzene rings is 1. The molecule has 3 rings (SSSR count). The first kappa shape index (κ1) is 14.9. The third kappa shape index (κ3) is 2.68. The summed E-state index contributed by atoms with van der Waals surface area (Å²) in [7, 11) is 0. The number of amides is 2. The van der Waals surface area contributed by atoms with Gasteiger partial charge in [-0.1, -0.05) is 6.07 Å². The predicted octanol–water partition coefficient (Wildman–Crippen LogP) is 0.496. The molecular formula is C15H17F2N3O2. The van der Waals surface area contributed by atoms with Crippen LogP contribution in [0, 0.1) is 11.6 Å². The van der Waals surface area contributed by atoms with E-state index in [9.17, 15) is 18.4 Å². The average molecular weight is 309 g/mol. The first-order chi connectivity index (χ1) is 10.5. The molecule has 0 bridgehead atoms. The zero-order valence-electron chi connectivity index (χ0n) is 12.2. The highest BCUT2D eigenvalue weighted by atomic mass is 19.2. The molecule has 2 fully saturated rings. The lowest BCUT2D eigenvalue weighted by Crippen LogP contribution is -2.68. The third-order valence-electron chi connectivity index (χ3n) is 4.17. The lowest BCUT2D eigenvalue weighted by atomic mass is 10.0. The summed E-state index contributed by atoms with van der Waals surface area (Å²) in [5, 5.41) is 2.66. The maximum atomic E-state index is 13.2. The Balaban J connectivity index is 1.70. The molecule has 2 saturated heterocycles. The summed E-state index contributed by atoms with van der Waals surface area (Å²) < 4.78 is 26.2. The van der Waals surface area contributed by atoms with Gasteiger partial charge in [0, 0.05) is 26.2 Å². The van der Waals surface area contributed by atoms with E-state index in [1.54, 1.807) is 11.8 Å². The van der Waals surface area contributed by atoms with E-state index in [4.69, 9.17) is 0 Å². The van der Waals surface area contributed by atoms with E-state index in [-0.39, 0.29) is 11.8 Å². The molecule has 2 aliphatic heterocycles. The van der Waals surface area contributed by atoms with Crippen molar-refractivity contribution in [2.24, 2.45) is 0 Å². The summed E-state index contributed by atoms with van der Waals surface area (Å²) in [5.41, 5.74) is 0.642. The number of piperazine rings is 2. The van der Waals surface area contributed by atoms with Crippen molar-refractivity contribution in [2.45, 2.75) is 25.6 Å². The Hall–Kier alpha value is -2.02. The zero-order valence-corrected chi connectivity index (χ0v) is 12.2. The minimum atomic E-state index is -0.879. The van der Waals surface area contributed by atoms with Crippen molar-refractivity contribution in [3.63, 3.8) is 0 Å². The Kier molecular flexibility index (Phi) is 3.82. The van der Waals surface area contributed by atoms with Gasteiger partial charge in [0.1, 0.15) is 12.1 Å². The van der Waals surface area contributed by atoms with Crippen LogP contribution in [0.15, 0.2) is 18.2 Å². The summed E-state index contributed by atoms with van der Waals surface area (Å²) in [5.74, 6) is -1.99. The molecule has 22 heavy (non-hydrogen) atoms. The molecule has 0 saturated carbocycles. The first-order valence-electron chi connectivity index (χ1n) is 7.23. The zero-order chi connectivity index (χ0) is 15.9. The number of hydrogen-bond donors (Lipinski definition) is 1. The molecule has 0 aromatic heterocycles. The molecule has 1 aromatic rings. The van der Waals surface area contributed by atoms with Crippen LogP contribution >= 0.6 is 0 Å². The number of nitrogens with one attached hydrogen (secondary N) is 1. The van der Waals surface area contributed by atoms with Gasteiger partial charge in [-0.25, -0.2) is 8.78 Å². The fourth-order valence-corrected chi connectivity index (χ4v) is 2.99. The topological polar surface area (TPSA) is 52.7 Å². The van der Waals surface area contributed by atoms with E-state index in [1.807, 2.05) is 4.90 Å². The largest absolute Gasteiger partial charge is 0.343 e. The Labute approximate surface area is 126 Å². The van der Waals surface area contributed by atoms with Gasteiger partial charge in [-0.15, -0.1) is 0 Å². The van der Waals surface area contributed by atoms with Crippen LogP contribution in [0.25, 0.3) is 0 Å². The number of hydrogen-bond acceptors (Lipinski definition) is 3. The lowest BCUT2D eigenvalue weighted by molar-refractivity contribution is -0.152. The van der Waals surface area contributed by atoms with Crippen LogP contribution in [0.5, 0.6) is 0 Å². The smallest absolute Gasteiger partial charge is 0.245 e. The standard InChI is InChI=1S/C15H17F2N3O2/c1-9-15(22)20-5-4-19(8-13(20)14(21)18-9)7-10-2-3-11(16)12(17)6-10/h2-3,6,9,13H,4-5,7-8H2,1H3,(H,18,21)/t9-,13-/m1/s1. The summed E-state index contributed by atoms with van der Waals surface area (Å²) in [6.45, 7) is 3.54. The number of carbonyl (C=O) groups is 2. The van der Waals surface area contributed by atoms with E-state index in [0.717, 1.165) is 12.1 Å². The molecule has 5 nitrogen and oxygen atoms in total. The quantitative estimate of drug-likeness (QED) is 0.865. The van der Waals surface area contributed by atoms with E-state index in [2.05, 4.69) is 5.32 Å². The highest BCUT2D eigenvalue weighted by Crippen LogP contribution is 2.18.